The van der Waals surface area contributed by atoms with Crippen molar-refractivity contribution in [2.24, 2.45) is 5.16 Å². The number of halogens is 1. The van der Waals surface area contributed by atoms with E-state index in [1.807, 2.05) is 6.92 Å². The van der Waals surface area contributed by atoms with Gasteiger partial charge in [0.2, 0.25) is 0 Å². The predicted molar refractivity (Wildman–Crippen MR) is 162 cm³/mol. The molecule has 0 spiro atoms. The zero-order chi connectivity index (χ0) is 30.2. The molecule has 224 valence electrons. The second kappa shape index (κ2) is 14.7. The van der Waals surface area contributed by atoms with E-state index in [4.69, 9.17) is 16.0 Å². The number of alkyl halides is 1. The van der Waals surface area contributed by atoms with Crippen LogP contribution in [0.4, 0.5) is 9.52 Å². The number of nitrogen functional groups attached to an aromatic ring is 1. The van der Waals surface area contributed by atoms with E-state index in [2.05, 4.69) is 25.8 Å². The molecule has 4 rings (SSSR count). The summed E-state index contributed by atoms with van der Waals surface area (Å²) in [5, 5.41) is 27.4. The molecule has 0 aromatic carbocycles. The van der Waals surface area contributed by atoms with Crippen molar-refractivity contribution in [3.63, 3.8) is 0 Å². The van der Waals surface area contributed by atoms with Gasteiger partial charge in [-0.1, -0.05) is 16.9 Å². The van der Waals surface area contributed by atoms with Crippen LogP contribution in [0.15, 0.2) is 44.5 Å². The maximum absolute atomic E-state index is 13.2. The lowest BCUT2D eigenvalue weighted by molar-refractivity contribution is -0.150. The summed E-state index contributed by atoms with van der Waals surface area (Å²) >= 11 is 5.32. The third kappa shape index (κ3) is 7.34. The highest BCUT2D eigenvalue weighted by Gasteiger charge is 2.54. The first-order chi connectivity index (χ1) is 20.2. The molecule has 2 aromatic rings. The smallest absolute Gasteiger partial charge is 0.353 e. The van der Waals surface area contributed by atoms with Crippen molar-refractivity contribution in [3.05, 3.63) is 45.7 Å². The van der Waals surface area contributed by atoms with Gasteiger partial charge in [0.25, 0.3) is 11.8 Å². The lowest BCUT2D eigenvalue weighted by Crippen LogP contribution is -2.71. The van der Waals surface area contributed by atoms with E-state index in [1.165, 1.54) is 33.8 Å². The van der Waals surface area contributed by atoms with Gasteiger partial charge in [0, 0.05) is 50.9 Å². The Labute approximate surface area is 256 Å². The molecule has 42 heavy (non-hydrogen) atoms. The lowest BCUT2D eigenvalue weighted by Gasteiger charge is -2.49. The minimum atomic E-state index is -1.25. The Balaban J connectivity index is 1.48. The van der Waals surface area contributed by atoms with Crippen LogP contribution in [-0.2, 0) is 25.0 Å². The number of aromatic nitrogens is 2. The number of carboxylic acids is 1. The number of hydrogen-bond acceptors (Lipinski definition) is 13. The van der Waals surface area contributed by atoms with Crippen molar-refractivity contribution in [2.45, 2.75) is 35.0 Å². The zero-order valence-corrected chi connectivity index (χ0v) is 25.4. The maximum atomic E-state index is 13.2. The number of anilines is 1. The molecule has 2 aromatic heterocycles. The van der Waals surface area contributed by atoms with Crippen LogP contribution in [0.1, 0.15) is 18.2 Å². The summed E-state index contributed by atoms with van der Waals surface area (Å²) in [5.74, 6) is -0.942. The van der Waals surface area contributed by atoms with Crippen molar-refractivity contribution in [1.29, 1.82) is 5.41 Å². The Morgan fingerprint density at radius 2 is 2.29 bits per heavy atom. The number of fused-ring (bicyclic) bond motifs is 1. The molecule has 3 atom stereocenters. The number of pyridine rings is 1. The predicted octanol–water partition coefficient (Wildman–Crippen LogP) is 2.12. The Kier molecular flexibility index (Phi) is 11.1. The second-order valence-corrected chi connectivity index (χ2v) is 12.9. The minimum Gasteiger partial charge on any atom is -0.477 e. The molecule has 13 nitrogen and oxygen atoms in total. The number of carbonyl (C=O) groups excluding carboxylic acids is 2. The molecule has 0 radical (unpaired) electrons. The molecule has 0 aliphatic carbocycles. The highest BCUT2D eigenvalue weighted by molar-refractivity contribution is 8.06. The van der Waals surface area contributed by atoms with Crippen molar-refractivity contribution in [1.82, 2.24) is 25.5 Å². The molecule has 6 N–H and O–H groups in total. The van der Waals surface area contributed by atoms with E-state index in [0.29, 0.717) is 16.4 Å². The second-order valence-electron chi connectivity index (χ2n) is 8.78. The van der Waals surface area contributed by atoms with Gasteiger partial charge >= 0.3 is 5.97 Å². The summed E-state index contributed by atoms with van der Waals surface area (Å²) < 4.78 is 12.5. The van der Waals surface area contributed by atoms with Crippen LogP contribution in [0.3, 0.4) is 0 Å². The molecule has 1 saturated heterocycles. The van der Waals surface area contributed by atoms with Crippen molar-refractivity contribution in [3.8, 4) is 0 Å². The Morgan fingerprint density at radius 1 is 1.48 bits per heavy atom. The molecule has 1 unspecified atom stereocenters. The third-order valence-corrected chi connectivity index (χ3v) is 10.4. The van der Waals surface area contributed by atoms with Crippen LogP contribution in [0, 0.1) is 5.41 Å². The highest BCUT2D eigenvalue weighted by Crippen LogP contribution is 2.45. The van der Waals surface area contributed by atoms with Crippen LogP contribution < -0.4 is 16.4 Å². The molecular weight excluding hydrogens is 628 g/mol. The monoisotopic (exact) mass is 654 g/mol. The van der Waals surface area contributed by atoms with Crippen LogP contribution in [0.5, 0.6) is 0 Å². The van der Waals surface area contributed by atoms with Gasteiger partial charge in [-0.25, -0.2) is 14.2 Å². The normalized spacial score (nSPS) is 19.0. The third-order valence-electron chi connectivity index (χ3n) is 5.81. The van der Waals surface area contributed by atoms with Gasteiger partial charge in [-0.05, 0) is 18.6 Å². The van der Waals surface area contributed by atoms with Gasteiger partial charge in [-0.2, -0.15) is 11.8 Å². The van der Waals surface area contributed by atoms with E-state index < -0.39 is 35.9 Å². The van der Waals surface area contributed by atoms with E-state index in [-0.39, 0.29) is 34.9 Å². The number of aliphatic carboxylic acids is 1. The Morgan fingerprint density at radius 3 is 2.98 bits per heavy atom. The number of β-lactam (4-membered cyclic amide) rings is 1. The maximum Gasteiger partial charge on any atom is 0.353 e. The number of nitrogens with one attached hydrogen (secondary N) is 3. The quantitative estimate of drug-likeness (QED) is 0.0618. The van der Waals surface area contributed by atoms with E-state index in [0.717, 1.165) is 33.9 Å². The molecule has 2 aliphatic rings. The average molecular weight is 655 g/mol. The fourth-order valence-corrected chi connectivity index (χ4v) is 8.14. The molecular formula is C24H27FN8O5S4. The van der Waals surface area contributed by atoms with Crippen LogP contribution in [0.2, 0.25) is 0 Å². The summed E-state index contributed by atoms with van der Waals surface area (Å²) in [6.07, 6.45) is 4.52. The van der Waals surface area contributed by atoms with Gasteiger partial charge < -0.3 is 26.3 Å². The van der Waals surface area contributed by atoms with E-state index in [9.17, 15) is 23.9 Å². The van der Waals surface area contributed by atoms with Gasteiger partial charge in [-0.3, -0.25) is 24.9 Å². The number of rotatable bonds is 15. The Hall–Kier alpha value is -3.35. The molecule has 4 heterocycles. The number of thiazole rings is 1. The fraction of sp³-hybridized carbons (Fsp3) is 0.375. The minimum absolute atomic E-state index is 0.102. The molecule has 1 fully saturated rings. The molecule has 0 bridgehead atoms. The lowest BCUT2D eigenvalue weighted by atomic mass is 10.0. The number of nitrogens with two attached hydrogens (primary N) is 1. The number of nitrogens with zero attached hydrogens (tertiary/aromatic N) is 4. The first kappa shape index (κ1) is 31.6. The highest BCUT2D eigenvalue weighted by atomic mass is 32.2. The SMILES string of the molecule is CC(CSCc1cnccc1SC1=C(C(=O)O)N2C(=O)[C@@H](NC(=O)/C(=N\OCCF)c3csc(N)n3)[C@@H]2SC1)NC=N. The van der Waals surface area contributed by atoms with Crippen LogP contribution >= 0.6 is 46.6 Å². The molecule has 18 heteroatoms. The summed E-state index contributed by atoms with van der Waals surface area (Å²) in [5.41, 5.74) is 6.28. The van der Waals surface area contributed by atoms with E-state index >= 15 is 0 Å². The summed E-state index contributed by atoms with van der Waals surface area (Å²) in [6, 6.07) is 0.903. The first-order valence-corrected chi connectivity index (χ1v) is 16.3. The van der Waals surface area contributed by atoms with E-state index in [1.54, 1.807) is 30.2 Å². The summed E-state index contributed by atoms with van der Waals surface area (Å²) in [6.45, 7) is 0.773. The zero-order valence-electron chi connectivity index (χ0n) is 22.1. The summed E-state index contributed by atoms with van der Waals surface area (Å²) in [4.78, 5) is 54.2. The van der Waals surface area contributed by atoms with Gasteiger partial charge in [0.05, 0.1) is 6.34 Å². The first-order valence-electron chi connectivity index (χ1n) is 12.4. The van der Waals surface area contributed by atoms with Crippen molar-refractivity contribution < 1.29 is 28.7 Å². The van der Waals surface area contributed by atoms with Crippen molar-refractivity contribution in [2.75, 3.05) is 30.5 Å². The number of hydrogen-bond donors (Lipinski definition) is 5. The number of thioether (sulfide) groups is 3. The van der Waals surface area contributed by atoms with Crippen molar-refractivity contribution >= 4 is 81.6 Å². The average Bonchev–Trinajstić information content (AvgIpc) is 3.40. The topological polar surface area (TPSA) is 196 Å². The molecule has 2 aliphatic heterocycles. The molecule has 0 saturated carbocycles. The standard InChI is InChI=1S/C24H27FN8O5S4/c1-12(29-11-26)7-39-8-13-6-28-4-2-15(13)42-16-10-40-22-18(21(35)33(22)19(16)23(36)37)31-20(34)17(32-38-5-3-25)14-9-41-24(27)30-14/h2,4,6,9,11-12,18,22H,3,5,7-8,10H2,1H3,(H2,26,29)(H2,27,30)(H,31,34)(H,36,37)/b32-17-/t12?,18-,22+/m1/s1. The summed E-state index contributed by atoms with van der Waals surface area (Å²) in [7, 11) is 0. The fourth-order valence-electron chi connectivity index (χ4n) is 3.92. The van der Waals surface area contributed by atoms with Crippen LogP contribution in [0.25, 0.3) is 0 Å². The van der Waals surface area contributed by atoms with Crippen LogP contribution in [-0.4, -0.2) is 92.1 Å². The van der Waals surface area contributed by atoms with Gasteiger partial charge in [-0.15, -0.1) is 23.1 Å². The number of oxime groups is 1. The number of carboxylic acid groups (broad SMARTS) is 1. The van der Waals surface area contributed by atoms with Gasteiger partial charge in [0.15, 0.2) is 10.8 Å². The van der Waals surface area contributed by atoms with Gasteiger partial charge in [0.1, 0.15) is 36.1 Å². The number of amides is 2. The Bertz CT molecular complexity index is 1410. The largest absolute Gasteiger partial charge is 0.477 e. The molecule has 2 amide bonds. The number of carbonyl (C=O) groups is 3.